The maximum Gasteiger partial charge on any atom is 0.166 e. The molecule has 8 aromatic carbocycles. The summed E-state index contributed by atoms with van der Waals surface area (Å²) in [6.07, 6.45) is 0. The first-order valence-corrected chi connectivity index (χ1v) is 17.8. The third kappa shape index (κ3) is 5.37. The molecule has 0 aliphatic rings. The number of para-hydroxylation sites is 2. The second-order valence-electron chi connectivity index (χ2n) is 13.1. The molecule has 0 radical (unpaired) electrons. The molecule has 0 saturated carbocycles. The van der Waals surface area contributed by atoms with Gasteiger partial charge in [-0.25, -0.2) is 15.0 Å². The van der Waals surface area contributed by atoms with Crippen LogP contribution in [-0.2, 0) is 0 Å². The van der Waals surface area contributed by atoms with Gasteiger partial charge in [0.05, 0.1) is 33.2 Å². The molecule has 3 aromatic heterocycles. The first-order valence-electron chi connectivity index (χ1n) is 23.8. The van der Waals surface area contributed by atoms with E-state index < -0.39 is 83.6 Å². The van der Waals surface area contributed by atoms with Crippen LogP contribution in [0.25, 0.3) is 106 Å². The van der Waals surface area contributed by atoms with Crippen molar-refractivity contribution in [1.29, 1.82) is 0 Å². The molecule has 11 rings (SSSR count). The Morgan fingerprint density at radius 1 is 0.411 bits per heavy atom. The molecule has 0 unspecified atom stereocenters. The second kappa shape index (κ2) is 13.0. The summed E-state index contributed by atoms with van der Waals surface area (Å²) in [4.78, 5) is 15.1. The van der Waals surface area contributed by atoms with Crippen molar-refractivity contribution in [3.05, 3.63) is 194 Å². The van der Waals surface area contributed by atoms with Gasteiger partial charge < -0.3 is 8.98 Å². The van der Waals surface area contributed by atoms with Crippen molar-refractivity contribution in [3.8, 4) is 62.1 Å². The lowest BCUT2D eigenvalue weighted by Crippen LogP contribution is -2.04. The number of benzene rings is 8. The zero-order valence-electron chi connectivity index (χ0n) is 41.2. The molecule has 0 atom stereocenters. The lowest BCUT2D eigenvalue weighted by Gasteiger charge is -2.16. The minimum Gasteiger partial charge on any atom is -0.456 e. The fraction of sp³-hybridized carbons (Fsp3) is 0. The summed E-state index contributed by atoms with van der Waals surface area (Å²) >= 11 is 0. The van der Waals surface area contributed by atoms with Gasteiger partial charge in [-0.2, -0.15) is 0 Å². The highest BCUT2D eigenvalue weighted by molar-refractivity contribution is 6.11. The number of furan rings is 1. The van der Waals surface area contributed by atoms with Gasteiger partial charge in [-0.3, -0.25) is 0 Å². The topological polar surface area (TPSA) is 56.7 Å². The van der Waals surface area contributed by atoms with E-state index in [1.54, 1.807) is 12.1 Å². The van der Waals surface area contributed by atoms with E-state index in [-0.39, 0.29) is 39.1 Å². The molecule has 262 valence electrons. The van der Waals surface area contributed by atoms with E-state index in [1.165, 1.54) is 4.57 Å². The average Bonchev–Trinajstić information content (AvgIpc) is 3.93. The molecule has 56 heavy (non-hydrogen) atoms. The van der Waals surface area contributed by atoms with Crippen LogP contribution in [-0.4, -0.2) is 19.5 Å². The lowest BCUT2D eigenvalue weighted by atomic mass is 10.0. The molecule has 0 aliphatic heterocycles. The van der Waals surface area contributed by atoms with E-state index in [0.717, 1.165) is 16.3 Å². The highest BCUT2D eigenvalue weighted by Gasteiger charge is 2.21. The van der Waals surface area contributed by atoms with Crippen molar-refractivity contribution < 1.29 is 20.9 Å². The van der Waals surface area contributed by atoms with Crippen LogP contribution in [0.4, 0.5) is 0 Å². The van der Waals surface area contributed by atoms with E-state index in [4.69, 9.17) is 29.0 Å². The minimum absolute atomic E-state index is 0.134. The standard InChI is InChI=1S/C51H32N4O/c1-4-14-33(15-5-1)36-26-29-45-43(30-36)39-20-10-12-22-44(39)55(45)46-31-37(34-16-6-2-7-17-34)24-28-42(46)51-53-49(35-18-8-3-9-19-35)52-50(54-51)38-25-27-41-40-21-11-13-23-47(40)56-48(41)32-38/h1-32H/i1D,4D,5D,10D,12D,14D,15D,20D,22D,26D,29D,30D. The Balaban J connectivity index is 1.27. The molecule has 0 aliphatic carbocycles. The predicted octanol–water partition coefficient (Wildman–Crippen LogP) is 13.2. The maximum absolute atomic E-state index is 9.74. The van der Waals surface area contributed by atoms with Crippen molar-refractivity contribution >= 4 is 43.7 Å². The van der Waals surface area contributed by atoms with Gasteiger partial charge in [-0.1, -0.05) is 145 Å². The van der Waals surface area contributed by atoms with E-state index >= 15 is 0 Å². The number of hydrogen-bond acceptors (Lipinski definition) is 4. The first kappa shape index (κ1) is 21.9. The molecule has 0 bridgehead atoms. The highest BCUT2D eigenvalue weighted by Crippen LogP contribution is 2.40. The molecular weight excluding hydrogens is 685 g/mol. The van der Waals surface area contributed by atoms with Crippen LogP contribution < -0.4 is 0 Å². The van der Waals surface area contributed by atoms with Gasteiger partial charge in [0.2, 0.25) is 0 Å². The summed E-state index contributed by atoms with van der Waals surface area (Å²) in [5.74, 6) is 0.733. The number of nitrogens with zero attached hydrogens (tertiary/aromatic N) is 4. The van der Waals surface area contributed by atoms with Gasteiger partial charge in [0.1, 0.15) is 11.2 Å². The summed E-state index contributed by atoms with van der Waals surface area (Å²) in [5, 5.41) is 1.49. The Hall–Kier alpha value is -7.63. The van der Waals surface area contributed by atoms with Gasteiger partial charge in [0, 0.05) is 38.2 Å². The zero-order valence-corrected chi connectivity index (χ0v) is 29.2. The molecule has 5 heteroatoms. The minimum atomic E-state index is -0.706. The van der Waals surface area contributed by atoms with Gasteiger partial charge in [-0.05, 0) is 70.7 Å². The van der Waals surface area contributed by atoms with E-state index in [9.17, 15) is 6.85 Å². The molecule has 0 N–H and O–H groups in total. The van der Waals surface area contributed by atoms with Crippen LogP contribution in [0.3, 0.4) is 0 Å². The molecule has 0 saturated heterocycles. The summed E-state index contributed by atoms with van der Waals surface area (Å²) in [6.45, 7) is 0. The maximum atomic E-state index is 9.74. The molecular formula is C51H32N4O. The number of aromatic nitrogens is 4. The van der Waals surface area contributed by atoms with E-state index in [0.29, 0.717) is 39.2 Å². The van der Waals surface area contributed by atoms with Crippen molar-refractivity contribution in [2.75, 3.05) is 0 Å². The SMILES string of the molecule is [2H]c1c([2H])c([2H])c(-c2c([2H])c([2H])c3c(c2[2H])c2c([2H])c([2H])c([2H])c([2H])c2n3-c2cc(-c3ccccc3)ccc2-c2nc(-c3ccccc3)nc(-c3ccc4c(c3)oc3ccccc34)n2)c([2H])c1[2H]. The molecule has 0 spiro atoms. The second-order valence-corrected chi connectivity index (χ2v) is 13.1. The highest BCUT2D eigenvalue weighted by atomic mass is 16.3. The van der Waals surface area contributed by atoms with Crippen LogP contribution in [0, 0.1) is 0 Å². The number of fused-ring (bicyclic) bond motifs is 6. The summed E-state index contributed by atoms with van der Waals surface area (Å²) in [6, 6.07) is 29.9. The van der Waals surface area contributed by atoms with Crippen LogP contribution in [0.1, 0.15) is 16.4 Å². The number of rotatable bonds is 6. The van der Waals surface area contributed by atoms with Gasteiger partial charge >= 0.3 is 0 Å². The van der Waals surface area contributed by atoms with Crippen molar-refractivity contribution in [3.63, 3.8) is 0 Å². The van der Waals surface area contributed by atoms with Crippen LogP contribution in [0.2, 0.25) is 0 Å². The van der Waals surface area contributed by atoms with E-state index in [2.05, 4.69) is 0 Å². The molecule has 0 amide bonds. The van der Waals surface area contributed by atoms with Crippen LogP contribution in [0.5, 0.6) is 0 Å². The molecule has 5 nitrogen and oxygen atoms in total. The Bertz CT molecular complexity index is 3920. The Morgan fingerprint density at radius 2 is 1.07 bits per heavy atom. The lowest BCUT2D eigenvalue weighted by molar-refractivity contribution is 0.669. The van der Waals surface area contributed by atoms with Crippen molar-refractivity contribution in [2.45, 2.75) is 0 Å². The van der Waals surface area contributed by atoms with Crippen LogP contribution >= 0.6 is 0 Å². The molecule has 3 heterocycles. The zero-order chi connectivity index (χ0) is 47.4. The summed E-state index contributed by atoms with van der Waals surface area (Å²) < 4.78 is 116. The summed E-state index contributed by atoms with van der Waals surface area (Å²) in [7, 11) is 0. The smallest absolute Gasteiger partial charge is 0.166 e. The van der Waals surface area contributed by atoms with Gasteiger partial charge in [0.15, 0.2) is 17.5 Å². The third-order valence-corrected chi connectivity index (χ3v) is 9.80. The molecule has 11 aromatic rings. The van der Waals surface area contributed by atoms with E-state index in [1.807, 2.05) is 109 Å². The quantitative estimate of drug-likeness (QED) is 0.171. The normalized spacial score (nSPS) is 14.6. The Kier molecular flexibility index (Phi) is 5.10. The molecule has 0 fully saturated rings. The van der Waals surface area contributed by atoms with Gasteiger partial charge in [0.25, 0.3) is 0 Å². The number of hydrogen-bond donors (Lipinski definition) is 0. The first-order chi connectivity index (χ1) is 32.7. The van der Waals surface area contributed by atoms with Crippen LogP contribution in [0.15, 0.2) is 198 Å². The van der Waals surface area contributed by atoms with Crippen molar-refractivity contribution in [2.24, 2.45) is 0 Å². The monoisotopic (exact) mass is 728 g/mol. The van der Waals surface area contributed by atoms with Crippen molar-refractivity contribution in [1.82, 2.24) is 19.5 Å². The Morgan fingerprint density at radius 3 is 1.91 bits per heavy atom. The Labute approximate surface area is 339 Å². The van der Waals surface area contributed by atoms with Gasteiger partial charge in [-0.15, -0.1) is 0 Å². The predicted molar refractivity (Wildman–Crippen MR) is 229 cm³/mol. The summed E-state index contributed by atoms with van der Waals surface area (Å²) in [5.41, 5.74) is 3.37. The fourth-order valence-corrected chi connectivity index (χ4v) is 7.18. The third-order valence-electron chi connectivity index (χ3n) is 9.80. The largest absolute Gasteiger partial charge is 0.456 e. The fourth-order valence-electron chi connectivity index (χ4n) is 7.18. The average molecular weight is 729 g/mol.